The summed E-state index contributed by atoms with van der Waals surface area (Å²) in [4.78, 5) is 25.5. The van der Waals surface area contributed by atoms with E-state index in [1.807, 2.05) is 61.5 Å². The van der Waals surface area contributed by atoms with E-state index in [4.69, 9.17) is 14.2 Å². The lowest BCUT2D eigenvalue weighted by Crippen LogP contribution is -2.22. The van der Waals surface area contributed by atoms with Gasteiger partial charge in [0.1, 0.15) is 10.6 Å². The number of thioether (sulfide) groups is 1. The van der Waals surface area contributed by atoms with Gasteiger partial charge in [0, 0.05) is 10.4 Å². The van der Waals surface area contributed by atoms with Gasteiger partial charge in [0.25, 0.3) is 5.56 Å². The number of hydrogen-bond acceptors (Lipinski definition) is 8. The second-order valence-electron chi connectivity index (χ2n) is 8.52. The third-order valence-electron chi connectivity index (χ3n) is 6.19. The second kappa shape index (κ2) is 9.91. The summed E-state index contributed by atoms with van der Waals surface area (Å²) in [6.07, 6.45) is 4.26. The first-order chi connectivity index (χ1) is 17.7. The summed E-state index contributed by atoms with van der Waals surface area (Å²) in [6, 6.07) is 17.3. The Bertz CT molecular complexity index is 1570. The molecule has 9 heteroatoms. The zero-order valence-electron chi connectivity index (χ0n) is 19.8. The van der Waals surface area contributed by atoms with Gasteiger partial charge in [-0.15, -0.1) is 11.3 Å². The van der Waals surface area contributed by atoms with E-state index in [1.165, 1.54) is 28.6 Å². The molecule has 0 saturated carbocycles. The fraction of sp³-hybridized carbons (Fsp3) is 0.259. The number of para-hydroxylation sites is 1. The topological polar surface area (TPSA) is 83.0 Å². The van der Waals surface area contributed by atoms with Crippen LogP contribution in [0, 0.1) is 0 Å². The SMILES string of the molecule is CCOc1ccc(-c2noc(CSc3nc4sc5c(c4c(=O)n3-c3ccccc3)CCCC5)n2)cc1. The summed E-state index contributed by atoms with van der Waals surface area (Å²) in [7, 11) is 0. The van der Waals surface area contributed by atoms with E-state index in [9.17, 15) is 4.79 Å². The number of thiophene rings is 1. The van der Waals surface area contributed by atoms with Gasteiger partial charge in [-0.05, 0) is 74.6 Å². The summed E-state index contributed by atoms with van der Waals surface area (Å²) in [5, 5.41) is 5.54. The van der Waals surface area contributed by atoms with Crippen LogP contribution in [0.15, 0.2) is 69.1 Å². The van der Waals surface area contributed by atoms with Gasteiger partial charge in [-0.25, -0.2) is 4.98 Å². The Morgan fingerprint density at radius 3 is 2.67 bits per heavy atom. The molecule has 0 spiro atoms. The van der Waals surface area contributed by atoms with E-state index in [0.29, 0.717) is 29.2 Å². The minimum Gasteiger partial charge on any atom is -0.494 e. The van der Waals surface area contributed by atoms with Crippen molar-refractivity contribution in [2.75, 3.05) is 6.61 Å². The number of ether oxygens (including phenoxy) is 1. The van der Waals surface area contributed by atoms with E-state index in [0.717, 1.165) is 46.5 Å². The molecule has 0 fully saturated rings. The second-order valence-corrected chi connectivity index (χ2v) is 10.5. The van der Waals surface area contributed by atoms with Crippen molar-refractivity contribution in [3.05, 3.63) is 81.3 Å². The predicted molar refractivity (Wildman–Crippen MR) is 142 cm³/mol. The Balaban J connectivity index is 1.33. The lowest BCUT2D eigenvalue weighted by Gasteiger charge is -2.13. The first-order valence-corrected chi connectivity index (χ1v) is 13.8. The molecule has 7 nitrogen and oxygen atoms in total. The molecule has 0 aliphatic heterocycles. The minimum absolute atomic E-state index is 0.00583. The van der Waals surface area contributed by atoms with Crippen LogP contribution in [0.4, 0.5) is 0 Å². The van der Waals surface area contributed by atoms with E-state index in [-0.39, 0.29) is 5.56 Å². The van der Waals surface area contributed by atoms with Crippen LogP contribution in [0.1, 0.15) is 36.1 Å². The van der Waals surface area contributed by atoms with Crippen molar-refractivity contribution in [1.29, 1.82) is 0 Å². The summed E-state index contributed by atoms with van der Waals surface area (Å²) >= 11 is 3.09. The highest BCUT2D eigenvalue weighted by molar-refractivity contribution is 7.98. The molecule has 3 aromatic heterocycles. The molecule has 0 radical (unpaired) electrons. The lowest BCUT2D eigenvalue weighted by atomic mass is 9.97. The van der Waals surface area contributed by atoms with E-state index in [1.54, 1.807) is 15.9 Å². The molecular weight excluding hydrogens is 492 g/mol. The smallest absolute Gasteiger partial charge is 0.267 e. The van der Waals surface area contributed by atoms with Gasteiger partial charge < -0.3 is 9.26 Å². The number of benzene rings is 2. The van der Waals surface area contributed by atoms with E-state index in [2.05, 4.69) is 10.1 Å². The Morgan fingerprint density at radius 2 is 1.86 bits per heavy atom. The summed E-state index contributed by atoms with van der Waals surface area (Å²) in [6.45, 7) is 2.57. The molecule has 1 aliphatic carbocycles. The molecule has 182 valence electrons. The highest BCUT2D eigenvalue weighted by Crippen LogP contribution is 2.35. The van der Waals surface area contributed by atoms with Crippen molar-refractivity contribution in [3.63, 3.8) is 0 Å². The molecule has 6 rings (SSSR count). The zero-order chi connectivity index (χ0) is 24.5. The van der Waals surface area contributed by atoms with Crippen LogP contribution in [0.2, 0.25) is 0 Å². The summed E-state index contributed by atoms with van der Waals surface area (Å²) < 4.78 is 12.7. The van der Waals surface area contributed by atoms with E-state index >= 15 is 0 Å². The molecule has 0 unspecified atom stereocenters. The molecule has 36 heavy (non-hydrogen) atoms. The van der Waals surface area contributed by atoms with Gasteiger partial charge in [-0.3, -0.25) is 9.36 Å². The number of nitrogens with zero attached hydrogens (tertiary/aromatic N) is 4. The molecule has 2 aromatic carbocycles. The largest absolute Gasteiger partial charge is 0.494 e. The highest BCUT2D eigenvalue weighted by atomic mass is 32.2. The van der Waals surface area contributed by atoms with Gasteiger partial charge in [0.05, 0.1) is 23.4 Å². The predicted octanol–water partition coefficient (Wildman–Crippen LogP) is 6.07. The number of aromatic nitrogens is 4. The number of rotatable bonds is 7. The third kappa shape index (κ3) is 4.33. The molecule has 0 saturated heterocycles. The number of hydrogen-bond donors (Lipinski definition) is 0. The van der Waals surface area contributed by atoms with Crippen molar-refractivity contribution in [2.45, 2.75) is 43.5 Å². The van der Waals surface area contributed by atoms with Crippen molar-refractivity contribution in [1.82, 2.24) is 19.7 Å². The average Bonchev–Trinajstić information content (AvgIpc) is 3.53. The molecule has 5 aromatic rings. The van der Waals surface area contributed by atoms with Crippen molar-refractivity contribution >= 4 is 33.3 Å². The first-order valence-electron chi connectivity index (χ1n) is 12.0. The molecule has 0 atom stereocenters. The molecule has 0 bridgehead atoms. The van der Waals surface area contributed by atoms with Crippen molar-refractivity contribution in [3.8, 4) is 22.8 Å². The van der Waals surface area contributed by atoms with Crippen LogP contribution in [-0.4, -0.2) is 26.3 Å². The van der Waals surface area contributed by atoms with Crippen LogP contribution < -0.4 is 10.3 Å². The summed E-state index contributed by atoms with van der Waals surface area (Å²) in [5.41, 5.74) is 2.84. The van der Waals surface area contributed by atoms with Crippen LogP contribution in [0.25, 0.3) is 27.3 Å². The van der Waals surface area contributed by atoms with Crippen LogP contribution in [0.5, 0.6) is 5.75 Å². The number of fused-ring (bicyclic) bond motifs is 3. The lowest BCUT2D eigenvalue weighted by molar-refractivity contribution is 0.340. The van der Waals surface area contributed by atoms with Crippen LogP contribution >= 0.6 is 23.1 Å². The molecular formula is C27H24N4O3S2. The van der Waals surface area contributed by atoms with Gasteiger partial charge in [0.15, 0.2) is 5.16 Å². The number of aryl methyl sites for hydroxylation is 2. The van der Waals surface area contributed by atoms with Gasteiger partial charge in [-0.2, -0.15) is 4.98 Å². The molecule has 3 heterocycles. The standard InChI is InChI=1S/C27H24N4O3S2/c1-2-33-19-14-12-17(13-15-19)24-28-22(34-30-24)16-35-27-29-25-23(20-10-6-7-11-21(20)36-25)26(32)31(27)18-8-4-3-5-9-18/h3-5,8-9,12-15H,2,6-7,10-11,16H2,1H3. The third-order valence-corrected chi connectivity index (χ3v) is 8.30. The van der Waals surface area contributed by atoms with Gasteiger partial charge in [-0.1, -0.05) is 35.1 Å². The van der Waals surface area contributed by atoms with Gasteiger partial charge in [0.2, 0.25) is 11.7 Å². The summed E-state index contributed by atoms with van der Waals surface area (Å²) in [5.74, 6) is 2.20. The maximum Gasteiger partial charge on any atom is 0.267 e. The minimum atomic E-state index is -0.00583. The molecule has 0 N–H and O–H groups in total. The van der Waals surface area contributed by atoms with E-state index < -0.39 is 0 Å². The van der Waals surface area contributed by atoms with Crippen molar-refractivity contribution in [2.24, 2.45) is 0 Å². The Kier molecular flexibility index (Phi) is 6.33. The van der Waals surface area contributed by atoms with Crippen LogP contribution in [-0.2, 0) is 18.6 Å². The Labute approximate surface area is 216 Å². The first kappa shape index (κ1) is 23.0. The Hall–Kier alpha value is -3.43. The highest BCUT2D eigenvalue weighted by Gasteiger charge is 2.23. The molecule has 1 aliphatic rings. The van der Waals surface area contributed by atoms with Crippen LogP contribution in [0.3, 0.4) is 0 Å². The molecule has 0 amide bonds. The fourth-order valence-electron chi connectivity index (χ4n) is 4.51. The Morgan fingerprint density at radius 1 is 1.06 bits per heavy atom. The monoisotopic (exact) mass is 516 g/mol. The zero-order valence-corrected chi connectivity index (χ0v) is 21.4. The fourth-order valence-corrected chi connectivity index (χ4v) is 6.66. The van der Waals surface area contributed by atoms with Gasteiger partial charge >= 0.3 is 0 Å². The maximum atomic E-state index is 13.8. The quantitative estimate of drug-likeness (QED) is 0.192. The normalized spacial score (nSPS) is 13.1. The maximum absolute atomic E-state index is 13.8. The van der Waals surface area contributed by atoms with Crippen molar-refractivity contribution < 1.29 is 9.26 Å². The average molecular weight is 517 g/mol.